The molecule has 4 nitrogen and oxygen atoms in total. The number of hydrogen-bond acceptors (Lipinski definition) is 2. The summed E-state index contributed by atoms with van der Waals surface area (Å²) in [5.41, 5.74) is 10.4. The third-order valence-electron chi connectivity index (χ3n) is 7.04. The van der Waals surface area contributed by atoms with Gasteiger partial charge in [-0.25, -0.2) is 9.36 Å². The van der Waals surface area contributed by atoms with E-state index in [0.717, 1.165) is 56.4 Å². The van der Waals surface area contributed by atoms with E-state index in [-0.39, 0.29) is 0 Å². The zero-order chi connectivity index (χ0) is 26.7. The fourth-order valence-electron chi connectivity index (χ4n) is 5.02. The van der Waals surface area contributed by atoms with E-state index in [0.29, 0.717) is 0 Å². The SMILES string of the molecule is c1ccc(-c2cc(-c3ccc(-c4cc(-c5ccccc5)n(-c5ccccc5)n4)cc3)nn2-c2ccccc2)cc1. The van der Waals surface area contributed by atoms with Gasteiger partial charge in [0.05, 0.1) is 34.2 Å². The van der Waals surface area contributed by atoms with Crippen LogP contribution in [0.3, 0.4) is 0 Å². The van der Waals surface area contributed by atoms with Gasteiger partial charge in [0.15, 0.2) is 0 Å². The zero-order valence-corrected chi connectivity index (χ0v) is 21.8. The van der Waals surface area contributed by atoms with E-state index < -0.39 is 0 Å². The van der Waals surface area contributed by atoms with Crippen LogP contribution in [0.2, 0.25) is 0 Å². The summed E-state index contributed by atoms with van der Waals surface area (Å²) >= 11 is 0. The largest absolute Gasteiger partial charge is 0.232 e. The highest BCUT2D eigenvalue weighted by Gasteiger charge is 2.15. The second-order valence-electron chi connectivity index (χ2n) is 9.63. The minimum atomic E-state index is 0.925. The first-order valence-electron chi connectivity index (χ1n) is 13.4. The molecule has 40 heavy (non-hydrogen) atoms. The molecule has 0 radical (unpaired) electrons. The molecule has 5 aromatic carbocycles. The van der Waals surface area contributed by atoms with Crippen molar-refractivity contribution >= 4 is 0 Å². The van der Waals surface area contributed by atoms with E-state index in [1.165, 1.54) is 0 Å². The molecule has 2 heterocycles. The first kappa shape index (κ1) is 23.6. The van der Waals surface area contributed by atoms with Crippen LogP contribution in [0.5, 0.6) is 0 Å². The Morgan fingerprint density at radius 1 is 0.325 bits per heavy atom. The molecule has 7 aromatic rings. The molecule has 2 aromatic heterocycles. The normalized spacial score (nSPS) is 11.0. The van der Waals surface area contributed by atoms with Crippen molar-refractivity contribution in [2.75, 3.05) is 0 Å². The van der Waals surface area contributed by atoms with Crippen molar-refractivity contribution in [1.82, 2.24) is 19.6 Å². The average Bonchev–Trinajstić information content (AvgIpc) is 3.69. The highest BCUT2D eigenvalue weighted by molar-refractivity contribution is 5.74. The second kappa shape index (κ2) is 10.4. The average molecular weight is 515 g/mol. The molecule has 7 rings (SSSR count). The molecule has 0 amide bonds. The Balaban J connectivity index is 1.28. The predicted molar refractivity (Wildman–Crippen MR) is 162 cm³/mol. The minimum absolute atomic E-state index is 0.925. The highest BCUT2D eigenvalue weighted by Crippen LogP contribution is 2.32. The van der Waals surface area contributed by atoms with Crippen molar-refractivity contribution in [3.63, 3.8) is 0 Å². The third kappa shape index (κ3) is 4.52. The van der Waals surface area contributed by atoms with Gasteiger partial charge in [0.25, 0.3) is 0 Å². The summed E-state index contributed by atoms with van der Waals surface area (Å²) < 4.78 is 4.04. The Bertz CT molecular complexity index is 1600. The van der Waals surface area contributed by atoms with Crippen molar-refractivity contribution < 1.29 is 0 Å². The summed E-state index contributed by atoms with van der Waals surface area (Å²) in [6.07, 6.45) is 0. The Morgan fingerprint density at radius 2 is 0.650 bits per heavy atom. The Kier molecular flexibility index (Phi) is 6.11. The van der Waals surface area contributed by atoms with Crippen molar-refractivity contribution in [2.24, 2.45) is 0 Å². The van der Waals surface area contributed by atoms with Crippen molar-refractivity contribution in [2.45, 2.75) is 0 Å². The standard InChI is InChI=1S/C36H26N4/c1-5-13-29(14-6-1)35-25-33(37-39(35)31-17-9-3-10-18-31)27-21-23-28(24-22-27)34-26-36(30-15-7-2-8-16-30)40(38-34)32-19-11-4-12-20-32/h1-26H. The summed E-state index contributed by atoms with van der Waals surface area (Å²) in [5, 5.41) is 10.0. The van der Waals surface area contributed by atoms with E-state index in [1.807, 2.05) is 57.9 Å². The van der Waals surface area contributed by atoms with Gasteiger partial charge in [-0.2, -0.15) is 10.2 Å². The molecule has 0 N–H and O–H groups in total. The lowest BCUT2D eigenvalue weighted by molar-refractivity contribution is 0.891. The van der Waals surface area contributed by atoms with Crippen molar-refractivity contribution in [1.29, 1.82) is 0 Å². The van der Waals surface area contributed by atoms with Crippen molar-refractivity contribution in [3.05, 3.63) is 158 Å². The smallest absolute Gasteiger partial charge is 0.0934 e. The fraction of sp³-hybridized carbons (Fsp3) is 0. The number of rotatable bonds is 6. The van der Waals surface area contributed by atoms with E-state index >= 15 is 0 Å². The first-order chi connectivity index (χ1) is 19.8. The summed E-state index contributed by atoms with van der Waals surface area (Å²) in [6, 6.07) is 54.2. The topological polar surface area (TPSA) is 35.6 Å². The number of benzene rings is 5. The van der Waals surface area contributed by atoms with Gasteiger partial charge < -0.3 is 0 Å². The highest BCUT2D eigenvalue weighted by atomic mass is 15.3. The Morgan fingerprint density at radius 3 is 1.00 bits per heavy atom. The van der Waals surface area contributed by atoms with Crippen molar-refractivity contribution in [3.8, 4) is 56.4 Å². The molecule has 0 saturated carbocycles. The summed E-state index contributed by atoms with van der Waals surface area (Å²) in [7, 11) is 0. The van der Waals surface area contributed by atoms with Crippen LogP contribution in [-0.2, 0) is 0 Å². The lowest BCUT2D eigenvalue weighted by Gasteiger charge is -2.07. The molecule has 0 atom stereocenters. The third-order valence-corrected chi connectivity index (χ3v) is 7.04. The van der Waals surface area contributed by atoms with Crippen LogP contribution < -0.4 is 0 Å². The lowest BCUT2D eigenvalue weighted by Crippen LogP contribution is -1.99. The van der Waals surface area contributed by atoms with E-state index in [4.69, 9.17) is 10.2 Å². The van der Waals surface area contributed by atoms with Gasteiger partial charge in [0.1, 0.15) is 0 Å². The molecule has 4 heteroatoms. The molecule has 0 unspecified atom stereocenters. The van der Waals surface area contributed by atoms with Crippen LogP contribution in [-0.4, -0.2) is 19.6 Å². The molecule has 0 fully saturated rings. The molecule has 0 aliphatic carbocycles. The first-order valence-corrected chi connectivity index (χ1v) is 13.4. The Hall–Kier alpha value is -5.48. The van der Waals surface area contributed by atoms with Crippen LogP contribution in [0.25, 0.3) is 56.4 Å². The van der Waals surface area contributed by atoms with Crippen LogP contribution in [0.15, 0.2) is 158 Å². The summed E-state index contributed by atoms with van der Waals surface area (Å²) in [6.45, 7) is 0. The van der Waals surface area contributed by atoms with Crippen LogP contribution in [0.1, 0.15) is 0 Å². The second-order valence-corrected chi connectivity index (χ2v) is 9.63. The predicted octanol–water partition coefficient (Wildman–Crippen LogP) is 8.73. The molecule has 0 aliphatic rings. The van der Waals surface area contributed by atoms with E-state index in [2.05, 4.69) is 109 Å². The molecule has 190 valence electrons. The minimum Gasteiger partial charge on any atom is -0.232 e. The van der Waals surface area contributed by atoms with E-state index in [1.54, 1.807) is 0 Å². The van der Waals surface area contributed by atoms with Gasteiger partial charge >= 0.3 is 0 Å². The van der Waals surface area contributed by atoms with Gasteiger partial charge in [-0.05, 0) is 36.4 Å². The van der Waals surface area contributed by atoms with Crippen LogP contribution in [0.4, 0.5) is 0 Å². The molecular weight excluding hydrogens is 488 g/mol. The van der Waals surface area contributed by atoms with Crippen LogP contribution >= 0.6 is 0 Å². The monoisotopic (exact) mass is 514 g/mol. The number of aromatic nitrogens is 4. The van der Waals surface area contributed by atoms with Gasteiger partial charge in [0, 0.05) is 22.3 Å². The summed E-state index contributed by atoms with van der Waals surface area (Å²) in [5.74, 6) is 0. The molecule has 0 aliphatic heterocycles. The molecule has 0 bridgehead atoms. The zero-order valence-electron chi connectivity index (χ0n) is 21.8. The number of nitrogens with zero attached hydrogens (tertiary/aromatic N) is 4. The number of para-hydroxylation sites is 2. The maximum absolute atomic E-state index is 5.02. The fourth-order valence-corrected chi connectivity index (χ4v) is 5.02. The van der Waals surface area contributed by atoms with Crippen LogP contribution in [0, 0.1) is 0 Å². The van der Waals surface area contributed by atoms with Gasteiger partial charge in [-0.1, -0.05) is 121 Å². The molecular formula is C36H26N4. The Labute approximate surface area is 233 Å². The quantitative estimate of drug-likeness (QED) is 0.222. The maximum Gasteiger partial charge on any atom is 0.0934 e. The summed E-state index contributed by atoms with van der Waals surface area (Å²) in [4.78, 5) is 0. The van der Waals surface area contributed by atoms with Gasteiger partial charge in [0.2, 0.25) is 0 Å². The molecule has 0 saturated heterocycles. The lowest BCUT2D eigenvalue weighted by atomic mass is 10.0. The maximum atomic E-state index is 5.02. The molecule has 0 spiro atoms. The van der Waals surface area contributed by atoms with Gasteiger partial charge in [-0.3, -0.25) is 0 Å². The van der Waals surface area contributed by atoms with Gasteiger partial charge in [-0.15, -0.1) is 0 Å². The number of hydrogen-bond donors (Lipinski definition) is 0. The van der Waals surface area contributed by atoms with E-state index in [9.17, 15) is 0 Å².